The van der Waals surface area contributed by atoms with E-state index in [0.717, 1.165) is 12.1 Å². The summed E-state index contributed by atoms with van der Waals surface area (Å²) in [4.78, 5) is 32.4. The Hall–Kier alpha value is -3.57. The zero-order valence-corrected chi connectivity index (χ0v) is 17.5. The molecule has 3 aromatic rings. The lowest BCUT2D eigenvalue weighted by Crippen LogP contribution is -2.60. The maximum Gasteiger partial charge on any atom is 0.332 e. The smallest absolute Gasteiger partial charge is 0.316 e. The Balaban J connectivity index is 1.68. The van der Waals surface area contributed by atoms with Gasteiger partial charge in [-0.25, -0.2) is 18.5 Å². The summed E-state index contributed by atoms with van der Waals surface area (Å²) in [5, 5.41) is 0. The molecule has 156 valence electrons. The van der Waals surface area contributed by atoms with Crippen molar-refractivity contribution in [2.24, 2.45) is 0 Å². The zero-order chi connectivity index (χ0) is 22.2. The molecule has 1 aromatic heterocycles. The summed E-state index contributed by atoms with van der Waals surface area (Å²) in [6.07, 6.45) is 1.45. The fourth-order valence-corrected chi connectivity index (χ4v) is 4.25. The maximum absolute atomic E-state index is 14.9. The molecule has 31 heavy (non-hydrogen) atoms. The molecule has 0 saturated carbocycles. The Labute approximate surface area is 181 Å². The first-order valence-corrected chi connectivity index (χ1v) is 10.2. The molecule has 3 amide bonds. The topological polar surface area (TPSA) is 53.5 Å². The lowest BCUT2D eigenvalue weighted by atomic mass is 9.91. The van der Waals surface area contributed by atoms with Crippen molar-refractivity contribution >= 4 is 29.0 Å². The number of aromatic nitrogens is 1. The van der Waals surface area contributed by atoms with E-state index < -0.39 is 34.8 Å². The maximum atomic E-state index is 14.9. The van der Waals surface area contributed by atoms with Gasteiger partial charge in [-0.05, 0) is 31.2 Å². The van der Waals surface area contributed by atoms with Crippen molar-refractivity contribution in [2.75, 3.05) is 11.9 Å². The molecule has 1 saturated heterocycles. The molecule has 0 bridgehead atoms. The van der Waals surface area contributed by atoms with Gasteiger partial charge in [0.15, 0.2) is 11.6 Å². The summed E-state index contributed by atoms with van der Waals surface area (Å²) in [6.45, 7) is 1.72. The minimum absolute atomic E-state index is 0.0994. The van der Waals surface area contributed by atoms with Gasteiger partial charge < -0.3 is 4.90 Å². The molecule has 4 rings (SSSR count). The number of amides is 3. The Morgan fingerprint density at radius 3 is 2.32 bits per heavy atom. The van der Waals surface area contributed by atoms with Crippen LogP contribution in [-0.2, 0) is 10.3 Å². The normalized spacial score (nSPS) is 18.7. The van der Waals surface area contributed by atoms with Crippen molar-refractivity contribution < 1.29 is 18.4 Å². The second-order valence-electron chi connectivity index (χ2n) is 7.29. The molecule has 1 atom stereocenters. The summed E-state index contributed by atoms with van der Waals surface area (Å²) >= 11 is 1.31. The van der Waals surface area contributed by atoms with E-state index in [9.17, 15) is 18.4 Å². The lowest BCUT2D eigenvalue weighted by molar-refractivity contribution is -0.122. The number of rotatable bonds is 2. The largest absolute Gasteiger partial charge is 0.332 e. The van der Waals surface area contributed by atoms with Gasteiger partial charge in [0.1, 0.15) is 5.69 Å². The van der Waals surface area contributed by atoms with Crippen LogP contribution in [-0.4, -0.2) is 28.9 Å². The SMILES string of the molecule is CN1C(=O)N(c2c(F)cc(C#Cc3ccccc3)cc2F)C(=O)C[C@@]1(C)c1cncs1. The number of carbonyl (C=O) groups is 2. The quantitative estimate of drug-likeness (QED) is 0.554. The van der Waals surface area contributed by atoms with E-state index in [2.05, 4.69) is 16.8 Å². The number of anilines is 1. The summed E-state index contributed by atoms with van der Waals surface area (Å²) in [7, 11) is 1.50. The minimum Gasteiger partial charge on any atom is -0.316 e. The van der Waals surface area contributed by atoms with Crippen LogP contribution < -0.4 is 4.90 Å². The number of urea groups is 1. The third kappa shape index (κ3) is 3.68. The number of hydrogen-bond acceptors (Lipinski definition) is 4. The highest BCUT2D eigenvalue weighted by Crippen LogP contribution is 2.40. The van der Waals surface area contributed by atoms with E-state index in [1.165, 1.54) is 23.3 Å². The standard InChI is InChI=1S/C23H17F2N3O2S/c1-23(19-13-26-14-31-19)12-20(29)28(22(30)27(23)2)21-17(24)10-16(11-18(21)25)9-8-15-6-4-3-5-7-15/h3-7,10-11,13-14H,12H2,1-2H3/t23-/m0/s1. The van der Waals surface area contributed by atoms with E-state index in [1.54, 1.807) is 42.9 Å². The van der Waals surface area contributed by atoms with Crippen molar-refractivity contribution in [3.05, 3.63) is 81.8 Å². The van der Waals surface area contributed by atoms with Gasteiger partial charge in [0.05, 0.1) is 22.3 Å². The highest BCUT2D eigenvalue weighted by atomic mass is 32.1. The molecule has 0 unspecified atom stereocenters. The Kier molecular flexibility index (Phi) is 5.29. The third-order valence-corrected chi connectivity index (χ3v) is 6.32. The summed E-state index contributed by atoms with van der Waals surface area (Å²) in [5.74, 6) is 2.76. The summed E-state index contributed by atoms with van der Waals surface area (Å²) in [5.41, 5.74) is 0.753. The molecule has 0 N–H and O–H groups in total. The number of carbonyl (C=O) groups excluding carboxylic acids is 2. The molecule has 2 heterocycles. The first-order chi connectivity index (χ1) is 14.8. The van der Waals surface area contributed by atoms with E-state index in [0.29, 0.717) is 15.3 Å². The number of nitrogens with zero attached hydrogens (tertiary/aromatic N) is 3. The monoisotopic (exact) mass is 437 g/mol. The molecular formula is C23H17F2N3O2S. The van der Waals surface area contributed by atoms with Crippen LogP contribution in [0.3, 0.4) is 0 Å². The van der Waals surface area contributed by atoms with Crippen molar-refractivity contribution in [3.8, 4) is 11.8 Å². The highest BCUT2D eigenvalue weighted by molar-refractivity contribution is 7.09. The van der Waals surface area contributed by atoms with Crippen LogP contribution in [0.1, 0.15) is 29.3 Å². The molecule has 0 aliphatic carbocycles. The van der Waals surface area contributed by atoms with E-state index in [-0.39, 0.29) is 12.0 Å². The summed E-state index contributed by atoms with van der Waals surface area (Å²) < 4.78 is 29.8. The molecule has 8 heteroatoms. The molecular weight excluding hydrogens is 420 g/mol. The number of imide groups is 1. The molecule has 1 aliphatic rings. The molecule has 2 aromatic carbocycles. The van der Waals surface area contributed by atoms with Crippen LogP contribution in [0.4, 0.5) is 19.3 Å². The molecule has 1 aliphatic heterocycles. The van der Waals surface area contributed by atoms with Crippen LogP contribution in [0.25, 0.3) is 0 Å². The van der Waals surface area contributed by atoms with Crippen LogP contribution in [0.15, 0.2) is 54.2 Å². The highest BCUT2D eigenvalue weighted by Gasteiger charge is 2.48. The van der Waals surface area contributed by atoms with Gasteiger partial charge in [-0.3, -0.25) is 9.78 Å². The van der Waals surface area contributed by atoms with Crippen molar-refractivity contribution in [2.45, 2.75) is 18.9 Å². The van der Waals surface area contributed by atoms with Gasteiger partial charge in [-0.15, -0.1) is 11.3 Å². The van der Waals surface area contributed by atoms with Crippen LogP contribution in [0, 0.1) is 23.5 Å². The first-order valence-electron chi connectivity index (χ1n) is 9.37. The van der Waals surface area contributed by atoms with Gasteiger partial charge >= 0.3 is 6.03 Å². The second-order valence-corrected chi connectivity index (χ2v) is 8.18. The van der Waals surface area contributed by atoms with Crippen LogP contribution >= 0.6 is 11.3 Å². The van der Waals surface area contributed by atoms with Crippen LogP contribution in [0.2, 0.25) is 0 Å². The van der Waals surface area contributed by atoms with Gasteiger partial charge in [-0.1, -0.05) is 30.0 Å². The van der Waals surface area contributed by atoms with Gasteiger partial charge in [0.2, 0.25) is 5.91 Å². The second kappa shape index (κ2) is 7.93. The van der Waals surface area contributed by atoms with Crippen molar-refractivity contribution in [3.63, 3.8) is 0 Å². The lowest BCUT2D eigenvalue weighted by Gasteiger charge is -2.44. The van der Waals surface area contributed by atoms with E-state index in [4.69, 9.17) is 0 Å². The molecule has 0 spiro atoms. The van der Waals surface area contributed by atoms with Crippen LogP contribution in [0.5, 0.6) is 0 Å². The molecule has 5 nitrogen and oxygen atoms in total. The summed E-state index contributed by atoms with van der Waals surface area (Å²) in [6, 6.07) is 10.2. The minimum atomic E-state index is -1.03. The van der Waals surface area contributed by atoms with E-state index in [1.807, 2.05) is 6.07 Å². The van der Waals surface area contributed by atoms with Crippen molar-refractivity contribution in [1.82, 2.24) is 9.88 Å². The average molecular weight is 437 g/mol. The average Bonchev–Trinajstić information content (AvgIpc) is 3.29. The van der Waals surface area contributed by atoms with Gasteiger partial charge in [0, 0.05) is 24.4 Å². The number of benzene rings is 2. The fourth-order valence-electron chi connectivity index (χ4n) is 3.43. The van der Waals surface area contributed by atoms with Gasteiger partial charge in [-0.2, -0.15) is 0 Å². The number of thiazole rings is 1. The molecule has 1 fully saturated rings. The Morgan fingerprint density at radius 1 is 1.06 bits per heavy atom. The van der Waals surface area contributed by atoms with Gasteiger partial charge in [0.25, 0.3) is 0 Å². The number of halogens is 2. The zero-order valence-electron chi connectivity index (χ0n) is 16.7. The third-order valence-electron chi connectivity index (χ3n) is 5.29. The first kappa shape index (κ1) is 20.7. The predicted molar refractivity (Wildman–Crippen MR) is 114 cm³/mol. The predicted octanol–water partition coefficient (Wildman–Crippen LogP) is 4.53. The number of hydrogen-bond donors (Lipinski definition) is 0. The van der Waals surface area contributed by atoms with E-state index >= 15 is 0 Å². The Bertz CT molecular complexity index is 1200. The Morgan fingerprint density at radius 2 is 1.71 bits per heavy atom. The fraction of sp³-hybridized carbons (Fsp3) is 0.174. The molecule has 0 radical (unpaired) electrons. The van der Waals surface area contributed by atoms with Crippen molar-refractivity contribution in [1.29, 1.82) is 0 Å².